The molecular formula is C25H31FN8O3. The number of hydrogen-bond donors (Lipinski definition) is 4. The van der Waals surface area contributed by atoms with Gasteiger partial charge in [-0.05, 0) is 38.5 Å². The molecule has 0 radical (unpaired) electrons. The van der Waals surface area contributed by atoms with Gasteiger partial charge in [0.05, 0.1) is 23.6 Å². The van der Waals surface area contributed by atoms with Crippen LogP contribution < -0.4 is 21.3 Å². The molecular weight excluding hydrogens is 479 g/mol. The monoisotopic (exact) mass is 510 g/mol. The highest BCUT2D eigenvalue weighted by Crippen LogP contribution is 2.27. The van der Waals surface area contributed by atoms with Gasteiger partial charge in [-0.3, -0.25) is 9.59 Å². The Labute approximate surface area is 213 Å². The van der Waals surface area contributed by atoms with Gasteiger partial charge in [0.1, 0.15) is 5.82 Å². The molecule has 1 saturated carbocycles. The van der Waals surface area contributed by atoms with Crippen molar-refractivity contribution in [1.82, 2.24) is 30.2 Å². The average Bonchev–Trinajstić information content (AvgIpc) is 3.36. The van der Waals surface area contributed by atoms with E-state index in [1.807, 2.05) is 0 Å². The number of aromatic nitrogens is 4. The van der Waals surface area contributed by atoms with Gasteiger partial charge in [-0.1, -0.05) is 0 Å². The Morgan fingerprint density at radius 1 is 1.11 bits per heavy atom. The normalized spacial score (nSPS) is 20.4. The zero-order chi connectivity index (χ0) is 25.8. The SMILES string of the molecule is CNC(=O)[C@H]1CC[C@H](NC(=O)c2cnc(Nc3nc4ccnn4cc3F)cc2NC2CCOCC2)CC1. The van der Waals surface area contributed by atoms with Crippen LogP contribution in [0.2, 0.25) is 0 Å². The second kappa shape index (κ2) is 11.1. The van der Waals surface area contributed by atoms with Crippen LogP contribution >= 0.6 is 0 Å². The largest absolute Gasteiger partial charge is 0.381 e. The molecule has 11 nitrogen and oxygen atoms in total. The first-order valence-electron chi connectivity index (χ1n) is 12.6. The van der Waals surface area contributed by atoms with Crippen LogP contribution in [0.1, 0.15) is 48.9 Å². The van der Waals surface area contributed by atoms with Gasteiger partial charge in [-0.25, -0.2) is 18.9 Å². The lowest BCUT2D eigenvalue weighted by Crippen LogP contribution is -2.40. The average molecular weight is 511 g/mol. The molecule has 37 heavy (non-hydrogen) atoms. The van der Waals surface area contributed by atoms with Crippen LogP contribution in [0, 0.1) is 11.7 Å². The number of halogens is 1. The lowest BCUT2D eigenvalue weighted by atomic mass is 9.85. The lowest BCUT2D eigenvalue weighted by molar-refractivity contribution is -0.125. The van der Waals surface area contributed by atoms with Crippen molar-refractivity contribution in [2.24, 2.45) is 5.92 Å². The predicted octanol–water partition coefficient (Wildman–Crippen LogP) is 2.63. The van der Waals surface area contributed by atoms with Crippen molar-refractivity contribution in [3.63, 3.8) is 0 Å². The summed E-state index contributed by atoms with van der Waals surface area (Å²) in [7, 11) is 1.65. The van der Waals surface area contributed by atoms with E-state index in [0.29, 0.717) is 35.9 Å². The van der Waals surface area contributed by atoms with Crippen LogP contribution in [0.25, 0.3) is 5.65 Å². The van der Waals surface area contributed by atoms with E-state index in [1.54, 1.807) is 19.2 Å². The molecule has 2 aliphatic rings. The minimum Gasteiger partial charge on any atom is -0.381 e. The molecule has 2 fully saturated rings. The first-order chi connectivity index (χ1) is 18.0. The highest BCUT2D eigenvalue weighted by Gasteiger charge is 2.28. The van der Waals surface area contributed by atoms with Crippen molar-refractivity contribution in [1.29, 1.82) is 0 Å². The second-order valence-electron chi connectivity index (χ2n) is 9.48. The van der Waals surface area contributed by atoms with Crippen LogP contribution in [-0.2, 0) is 9.53 Å². The molecule has 5 rings (SSSR count). The molecule has 2 amide bonds. The van der Waals surface area contributed by atoms with Crippen molar-refractivity contribution in [2.45, 2.75) is 50.6 Å². The van der Waals surface area contributed by atoms with Crippen LogP contribution in [0.5, 0.6) is 0 Å². The Morgan fingerprint density at radius 2 is 1.89 bits per heavy atom. The topological polar surface area (TPSA) is 135 Å². The third-order valence-corrected chi connectivity index (χ3v) is 6.99. The number of rotatable bonds is 7. The van der Waals surface area contributed by atoms with E-state index in [9.17, 15) is 14.0 Å². The molecule has 4 heterocycles. The summed E-state index contributed by atoms with van der Waals surface area (Å²) in [5, 5.41) is 16.2. The quantitative estimate of drug-likeness (QED) is 0.381. The number of pyridine rings is 1. The number of fused-ring (bicyclic) bond motifs is 1. The number of nitrogens with zero attached hydrogens (tertiary/aromatic N) is 4. The van der Waals surface area contributed by atoms with Gasteiger partial charge < -0.3 is 26.0 Å². The number of anilines is 3. The van der Waals surface area contributed by atoms with Gasteiger partial charge >= 0.3 is 0 Å². The fourth-order valence-electron chi connectivity index (χ4n) is 4.89. The first kappa shape index (κ1) is 24.9. The van der Waals surface area contributed by atoms with Crippen molar-refractivity contribution in [3.05, 3.63) is 42.1 Å². The van der Waals surface area contributed by atoms with E-state index in [4.69, 9.17) is 4.74 Å². The molecule has 0 unspecified atom stereocenters. The van der Waals surface area contributed by atoms with Crippen molar-refractivity contribution in [3.8, 4) is 0 Å². The van der Waals surface area contributed by atoms with Gasteiger partial charge in [-0.2, -0.15) is 5.10 Å². The Morgan fingerprint density at radius 3 is 2.65 bits per heavy atom. The van der Waals surface area contributed by atoms with E-state index in [2.05, 4.69) is 36.3 Å². The highest BCUT2D eigenvalue weighted by molar-refractivity contribution is 6.00. The van der Waals surface area contributed by atoms with E-state index in [-0.39, 0.29) is 35.6 Å². The summed E-state index contributed by atoms with van der Waals surface area (Å²) >= 11 is 0. The third kappa shape index (κ3) is 5.79. The molecule has 0 bridgehead atoms. The summed E-state index contributed by atoms with van der Waals surface area (Å²) in [6, 6.07) is 3.50. The summed E-state index contributed by atoms with van der Waals surface area (Å²) in [6.07, 6.45) is 8.84. The van der Waals surface area contributed by atoms with E-state index in [0.717, 1.165) is 38.5 Å². The van der Waals surface area contributed by atoms with Crippen molar-refractivity contribution < 1.29 is 18.7 Å². The molecule has 1 aliphatic heterocycles. The van der Waals surface area contributed by atoms with Crippen LogP contribution in [0.3, 0.4) is 0 Å². The number of ether oxygens (including phenoxy) is 1. The zero-order valence-corrected chi connectivity index (χ0v) is 20.7. The van der Waals surface area contributed by atoms with Crippen molar-refractivity contribution >= 4 is 34.8 Å². The zero-order valence-electron chi connectivity index (χ0n) is 20.7. The molecule has 0 atom stereocenters. The Bertz CT molecular complexity index is 1270. The molecule has 1 saturated heterocycles. The molecule has 12 heteroatoms. The Kier molecular flexibility index (Phi) is 7.45. The number of carbonyl (C=O) groups is 2. The van der Waals surface area contributed by atoms with Gasteiger partial charge in [0.25, 0.3) is 5.91 Å². The predicted molar refractivity (Wildman–Crippen MR) is 135 cm³/mol. The molecule has 4 N–H and O–H groups in total. The molecule has 3 aromatic heterocycles. The molecule has 3 aromatic rings. The fourth-order valence-corrected chi connectivity index (χ4v) is 4.89. The van der Waals surface area contributed by atoms with Gasteiger partial charge in [0.2, 0.25) is 5.91 Å². The number of amides is 2. The highest BCUT2D eigenvalue weighted by atomic mass is 19.1. The molecule has 0 spiro atoms. The molecule has 1 aliphatic carbocycles. The van der Waals surface area contributed by atoms with Crippen LogP contribution in [0.15, 0.2) is 30.7 Å². The van der Waals surface area contributed by atoms with Gasteiger partial charge in [0, 0.05) is 56.6 Å². The minimum absolute atomic E-state index is 0.00768. The first-order valence-corrected chi connectivity index (χ1v) is 12.6. The van der Waals surface area contributed by atoms with Gasteiger partial charge in [0.15, 0.2) is 17.3 Å². The van der Waals surface area contributed by atoms with E-state index in [1.165, 1.54) is 23.1 Å². The molecule has 196 valence electrons. The van der Waals surface area contributed by atoms with Crippen LogP contribution in [-0.4, -0.2) is 63.7 Å². The maximum Gasteiger partial charge on any atom is 0.255 e. The Hall–Kier alpha value is -3.80. The summed E-state index contributed by atoms with van der Waals surface area (Å²) in [5.74, 6) is -0.395. The maximum absolute atomic E-state index is 14.6. The summed E-state index contributed by atoms with van der Waals surface area (Å²) in [5.41, 5.74) is 1.50. The Balaban J connectivity index is 1.34. The minimum atomic E-state index is -0.578. The van der Waals surface area contributed by atoms with E-state index >= 15 is 0 Å². The fraction of sp³-hybridized carbons (Fsp3) is 0.480. The summed E-state index contributed by atoms with van der Waals surface area (Å²) < 4.78 is 21.4. The summed E-state index contributed by atoms with van der Waals surface area (Å²) in [6.45, 7) is 1.29. The number of nitrogens with one attached hydrogen (secondary N) is 4. The maximum atomic E-state index is 14.6. The smallest absolute Gasteiger partial charge is 0.255 e. The summed E-state index contributed by atoms with van der Waals surface area (Å²) in [4.78, 5) is 33.9. The van der Waals surface area contributed by atoms with Crippen LogP contribution in [0.4, 0.5) is 21.7 Å². The number of hydrogen-bond acceptors (Lipinski definition) is 8. The standard InChI is InChI=1S/C25H31FN8O3/c1-27-24(35)15-2-4-16(5-3-15)31-25(36)18-13-28-21(12-20(18)30-17-7-10-37-11-8-17)32-23-19(26)14-34-22(33-23)6-9-29-34/h6,9,12-17H,2-5,7-8,10-11H2,1H3,(H,27,35)(H,31,36)(H2,28,30,32,33)/t15-,16-. The van der Waals surface area contributed by atoms with Gasteiger partial charge in [-0.15, -0.1) is 0 Å². The third-order valence-electron chi connectivity index (χ3n) is 6.99. The molecule has 0 aromatic carbocycles. The van der Waals surface area contributed by atoms with E-state index < -0.39 is 5.82 Å². The van der Waals surface area contributed by atoms with Crippen molar-refractivity contribution in [2.75, 3.05) is 30.9 Å². The lowest BCUT2D eigenvalue weighted by Gasteiger charge is -2.29. The number of carbonyl (C=O) groups excluding carboxylic acids is 2. The second-order valence-corrected chi connectivity index (χ2v) is 9.48.